The molecule has 3 heteroatoms. The Morgan fingerprint density at radius 3 is 2.53 bits per heavy atom. The fourth-order valence-electron chi connectivity index (χ4n) is 3.04. The zero-order chi connectivity index (χ0) is 13.7. The molecule has 2 aliphatic rings. The lowest BCUT2D eigenvalue weighted by Crippen LogP contribution is -2.39. The minimum absolute atomic E-state index is 0.737. The molecule has 0 spiro atoms. The zero-order valence-corrected chi connectivity index (χ0v) is 13.2. The van der Waals surface area contributed by atoms with Gasteiger partial charge in [-0.1, -0.05) is 0 Å². The van der Waals surface area contributed by atoms with E-state index in [1.54, 1.807) is 0 Å². The number of hydrogen-bond donors (Lipinski definition) is 1. The maximum absolute atomic E-state index is 3.61. The van der Waals surface area contributed by atoms with Gasteiger partial charge in [-0.05, 0) is 85.1 Å². The summed E-state index contributed by atoms with van der Waals surface area (Å²) >= 11 is 0. The third kappa shape index (κ3) is 5.80. The van der Waals surface area contributed by atoms with Crippen molar-refractivity contribution in [2.75, 3.05) is 40.3 Å². The lowest BCUT2D eigenvalue weighted by atomic mass is 9.96. The van der Waals surface area contributed by atoms with Crippen LogP contribution in [0.15, 0.2) is 0 Å². The molecule has 1 aliphatic carbocycles. The summed E-state index contributed by atoms with van der Waals surface area (Å²) in [5.74, 6) is 0.924. The van der Waals surface area contributed by atoms with Crippen molar-refractivity contribution < 1.29 is 0 Å². The van der Waals surface area contributed by atoms with E-state index in [2.05, 4.69) is 36.1 Å². The molecule has 1 atom stereocenters. The van der Waals surface area contributed by atoms with Crippen LogP contribution in [0.5, 0.6) is 0 Å². The third-order valence-electron chi connectivity index (χ3n) is 4.95. The first-order chi connectivity index (χ1) is 9.15. The first-order valence-corrected chi connectivity index (χ1v) is 8.27. The van der Waals surface area contributed by atoms with Crippen LogP contribution in [-0.4, -0.2) is 62.2 Å². The molecule has 0 aromatic carbocycles. The minimum Gasteiger partial charge on any atom is -0.314 e. The van der Waals surface area contributed by atoms with Crippen molar-refractivity contribution >= 4 is 0 Å². The van der Waals surface area contributed by atoms with E-state index >= 15 is 0 Å². The van der Waals surface area contributed by atoms with Gasteiger partial charge >= 0.3 is 0 Å². The summed E-state index contributed by atoms with van der Waals surface area (Å²) in [7, 11) is 4.56. The van der Waals surface area contributed by atoms with Gasteiger partial charge in [-0.15, -0.1) is 0 Å². The van der Waals surface area contributed by atoms with Gasteiger partial charge in [0, 0.05) is 18.6 Å². The number of piperidine rings is 1. The van der Waals surface area contributed by atoms with Crippen molar-refractivity contribution in [3.8, 4) is 0 Å². The molecule has 1 unspecified atom stereocenters. The molecule has 112 valence electrons. The van der Waals surface area contributed by atoms with Crippen LogP contribution in [0.4, 0.5) is 0 Å². The Morgan fingerprint density at radius 1 is 1.21 bits per heavy atom. The van der Waals surface area contributed by atoms with Gasteiger partial charge in [0.25, 0.3) is 0 Å². The van der Waals surface area contributed by atoms with Crippen LogP contribution in [0.1, 0.15) is 45.4 Å². The first-order valence-electron chi connectivity index (χ1n) is 8.27. The van der Waals surface area contributed by atoms with Gasteiger partial charge in [-0.25, -0.2) is 0 Å². The Labute approximate surface area is 119 Å². The molecule has 2 rings (SSSR count). The molecular formula is C16H33N3. The monoisotopic (exact) mass is 267 g/mol. The number of likely N-dealkylation sites (tertiary alicyclic amines) is 1. The van der Waals surface area contributed by atoms with Crippen LogP contribution in [-0.2, 0) is 0 Å². The van der Waals surface area contributed by atoms with E-state index in [0.29, 0.717) is 0 Å². The summed E-state index contributed by atoms with van der Waals surface area (Å²) < 4.78 is 0. The predicted molar refractivity (Wildman–Crippen MR) is 82.6 cm³/mol. The van der Waals surface area contributed by atoms with E-state index in [9.17, 15) is 0 Å². The lowest BCUT2D eigenvalue weighted by Gasteiger charge is -2.34. The number of hydrogen-bond acceptors (Lipinski definition) is 3. The Kier molecular flexibility index (Phi) is 6.11. The van der Waals surface area contributed by atoms with Crippen LogP contribution in [0.2, 0.25) is 0 Å². The normalized spacial score (nSPS) is 24.0. The summed E-state index contributed by atoms with van der Waals surface area (Å²) in [5.41, 5.74) is 0. The van der Waals surface area contributed by atoms with Crippen LogP contribution < -0.4 is 5.32 Å². The molecule has 2 fully saturated rings. The highest BCUT2D eigenvalue weighted by Crippen LogP contribution is 2.20. The molecule has 3 nitrogen and oxygen atoms in total. The van der Waals surface area contributed by atoms with E-state index in [-0.39, 0.29) is 0 Å². The smallest absolute Gasteiger partial charge is 0.00682 e. The summed E-state index contributed by atoms with van der Waals surface area (Å²) in [6.45, 7) is 7.49. The summed E-state index contributed by atoms with van der Waals surface area (Å²) in [4.78, 5) is 5.05. The second-order valence-electron chi connectivity index (χ2n) is 6.91. The van der Waals surface area contributed by atoms with Gasteiger partial charge in [0.05, 0.1) is 0 Å². The predicted octanol–water partition coefficient (Wildman–Crippen LogP) is 2.18. The zero-order valence-electron chi connectivity index (χ0n) is 13.2. The van der Waals surface area contributed by atoms with Gasteiger partial charge < -0.3 is 15.1 Å². The number of rotatable bonds is 8. The first kappa shape index (κ1) is 15.3. The average molecular weight is 267 g/mol. The Morgan fingerprint density at radius 2 is 1.89 bits per heavy atom. The van der Waals surface area contributed by atoms with Crippen molar-refractivity contribution in [2.45, 2.75) is 57.5 Å². The molecule has 19 heavy (non-hydrogen) atoms. The summed E-state index contributed by atoms with van der Waals surface area (Å²) in [6, 6.07) is 1.60. The van der Waals surface area contributed by atoms with E-state index in [1.807, 2.05) is 0 Å². The number of nitrogens with zero attached hydrogens (tertiary/aromatic N) is 2. The Hall–Kier alpha value is -0.120. The van der Waals surface area contributed by atoms with Crippen LogP contribution in [0, 0.1) is 5.92 Å². The van der Waals surface area contributed by atoms with E-state index < -0.39 is 0 Å². The molecule has 0 aromatic rings. The van der Waals surface area contributed by atoms with E-state index in [4.69, 9.17) is 0 Å². The fourth-order valence-corrected chi connectivity index (χ4v) is 3.04. The van der Waals surface area contributed by atoms with Crippen molar-refractivity contribution in [1.82, 2.24) is 15.1 Å². The molecule has 0 amide bonds. The van der Waals surface area contributed by atoms with Gasteiger partial charge in [-0.3, -0.25) is 0 Å². The highest BCUT2D eigenvalue weighted by Gasteiger charge is 2.21. The van der Waals surface area contributed by atoms with Crippen LogP contribution in [0.3, 0.4) is 0 Å². The maximum Gasteiger partial charge on any atom is 0.00682 e. The van der Waals surface area contributed by atoms with Gasteiger partial charge in [0.1, 0.15) is 0 Å². The quantitative estimate of drug-likeness (QED) is 0.680. The lowest BCUT2D eigenvalue weighted by molar-refractivity contribution is 0.150. The molecule has 1 aliphatic heterocycles. The second-order valence-corrected chi connectivity index (χ2v) is 6.91. The number of nitrogens with one attached hydrogen (secondary N) is 1. The van der Waals surface area contributed by atoms with Crippen molar-refractivity contribution in [3.63, 3.8) is 0 Å². The minimum atomic E-state index is 0.737. The molecule has 1 saturated carbocycles. The average Bonchev–Trinajstić information content (AvgIpc) is 3.21. The van der Waals surface area contributed by atoms with Gasteiger partial charge in [0.2, 0.25) is 0 Å². The molecule has 0 aromatic heterocycles. The van der Waals surface area contributed by atoms with Crippen LogP contribution in [0.25, 0.3) is 0 Å². The van der Waals surface area contributed by atoms with Gasteiger partial charge in [-0.2, -0.15) is 0 Å². The molecular weight excluding hydrogens is 234 g/mol. The van der Waals surface area contributed by atoms with Gasteiger partial charge in [0.15, 0.2) is 0 Å². The van der Waals surface area contributed by atoms with Crippen LogP contribution >= 0.6 is 0 Å². The molecule has 0 bridgehead atoms. The van der Waals surface area contributed by atoms with E-state index in [1.165, 1.54) is 64.7 Å². The molecule has 1 heterocycles. The molecule has 1 N–H and O–H groups in total. The van der Waals surface area contributed by atoms with Crippen molar-refractivity contribution in [3.05, 3.63) is 0 Å². The molecule has 1 saturated heterocycles. The van der Waals surface area contributed by atoms with Crippen molar-refractivity contribution in [1.29, 1.82) is 0 Å². The summed E-state index contributed by atoms with van der Waals surface area (Å²) in [6.07, 6.45) is 8.25. The SMILES string of the molecule is CC(CCCNC1CC1)N(C)CC1CCN(C)CC1. The molecule has 0 radical (unpaired) electrons. The van der Waals surface area contributed by atoms with E-state index in [0.717, 1.165) is 18.0 Å². The summed E-state index contributed by atoms with van der Waals surface area (Å²) in [5, 5.41) is 3.61. The standard InChI is InChI=1S/C16H33N3/c1-14(5-4-10-17-16-6-7-16)19(3)13-15-8-11-18(2)12-9-15/h14-17H,4-13H2,1-3H3. The maximum atomic E-state index is 3.61. The third-order valence-corrected chi connectivity index (χ3v) is 4.95. The highest BCUT2D eigenvalue weighted by atomic mass is 15.1. The fraction of sp³-hybridized carbons (Fsp3) is 1.00. The van der Waals surface area contributed by atoms with Crippen molar-refractivity contribution in [2.24, 2.45) is 5.92 Å². The second kappa shape index (κ2) is 7.61. The highest BCUT2D eigenvalue weighted by molar-refractivity contribution is 4.81. The Balaban J connectivity index is 1.54. The Bertz CT molecular complexity index is 244. The topological polar surface area (TPSA) is 18.5 Å². The largest absolute Gasteiger partial charge is 0.314 e.